The quantitative estimate of drug-likeness (QED) is 0.645. The van der Waals surface area contributed by atoms with Crippen LogP contribution in [-0.4, -0.2) is 22.2 Å². The van der Waals surface area contributed by atoms with Crippen LogP contribution in [0.25, 0.3) is 0 Å². The average Bonchev–Trinajstić information content (AvgIpc) is 2.44. The highest BCUT2D eigenvalue weighted by Crippen LogP contribution is 2.32. The molecule has 0 radical (unpaired) electrons. The van der Waals surface area contributed by atoms with Crippen molar-refractivity contribution in [3.8, 4) is 0 Å². The van der Waals surface area contributed by atoms with Gasteiger partial charge in [0, 0.05) is 24.7 Å². The maximum Gasteiger partial charge on any atom is 0.269 e. The minimum absolute atomic E-state index is 0.0221. The van der Waals surface area contributed by atoms with E-state index in [-0.39, 0.29) is 16.7 Å². The summed E-state index contributed by atoms with van der Waals surface area (Å²) in [6.45, 7) is 4.67. The molecule has 1 fully saturated rings. The van der Waals surface area contributed by atoms with Crippen LogP contribution in [0.5, 0.6) is 0 Å². The number of hydrogen-bond donors (Lipinski definition) is 2. The number of nitro groups is 1. The SMILES string of the molecule is CC1CCCC(O)(CNC(C)c2cccc([N+](=O)[O-])c2)C1. The molecule has 5 nitrogen and oxygen atoms in total. The minimum atomic E-state index is -0.646. The maximum atomic E-state index is 10.8. The second-order valence-corrected chi connectivity index (χ2v) is 6.38. The fraction of sp³-hybridized carbons (Fsp3) is 0.625. The minimum Gasteiger partial charge on any atom is -0.389 e. The third-order valence-corrected chi connectivity index (χ3v) is 4.39. The van der Waals surface area contributed by atoms with E-state index in [2.05, 4.69) is 12.2 Å². The lowest BCUT2D eigenvalue weighted by molar-refractivity contribution is -0.384. The molecule has 5 heteroatoms. The zero-order chi connectivity index (χ0) is 15.5. The van der Waals surface area contributed by atoms with Crippen LogP contribution in [0, 0.1) is 16.0 Å². The van der Waals surface area contributed by atoms with E-state index in [9.17, 15) is 15.2 Å². The Bertz CT molecular complexity index is 506. The Hall–Kier alpha value is -1.46. The van der Waals surface area contributed by atoms with Gasteiger partial charge in [0.25, 0.3) is 5.69 Å². The maximum absolute atomic E-state index is 10.8. The van der Waals surface area contributed by atoms with Crippen LogP contribution in [0.4, 0.5) is 5.69 Å². The molecule has 0 aliphatic heterocycles. The summed E-state index contributed by atoms with van der Waals surface area (Å²) in [6, 6.07) is 6.63. The Morgan fingerprint density at radius 2 is 2.33 bits per heavy atom. The number of aliphatic hydroxyl groups is 1. The van der Waals surface area contributed by atoms with Gasteiger partial charge in [-0.05, 0) is 31.2 Å². The van der Waals surface area contributed by atoms with Gasteiger partial charge < -0.3 is 10.4 Å². The predicted octanol–water partition coefficient (Wildman–Crippen LogP) is 3.19. The van der Waals surface area contributed by atoms with Crippen molar-refractivity contribution in [2.45, 2.75) is 51.2 Å². The van der Waals surface area contributed by atoms with Crippen molar-refractivity contribution in [3.05, 3.63) is 39.9 Å². The van der Waals surface area contributed by atoms with E-state index in [1.807, 2.05) is 13.0 Å². The molecule has 1 aliphatic carbocycles. The van der Waals surface area contributed by atoms with Crippen LogP contribution in [0.15, 0.2) is 24.3 Å². The lowest BCUT2D eigenvalue weighted by Crippen LogP contribution is -2.44. The molecule has 0 saturated heterocycles. The Labute approximate surface area is 125 Å². The lowest BCUT2D eigenvalue weighted by Gasteiger charge is -2.36. The molecule has 0 spiro atoms. The number of hydrogen-bond acceptors (Lipinski definition) is 4. The molecule has 0 amide bonds. The van der Waals surface area contributed by atoms with Gasteiger partial charge in [-0.3, -0.25) is 10.1 Å². The third kappa shape index (κ3) is 4.25. The van der Waals surface area contributed by atoms with Crippen molar-refractivity contribution in [1.82, 2.24) is 5.32 Å². The second-order valence-electron chi connectivity index (χ2n) is 6.38. The van der Waals surface area contributed by atoms with Crippen LogP contribution in [-0.2, 0) is 0 Å². The molecule has 2 rings (SSSR count). The highest BCUT2D eigenvalue weighted by molar-refractivity contribution is 5.35. The van der Waals surface area contributed by atoms with Crippen molar-refractivity contribution in [3.63, 3.8) is 0 Å². The van der Waals surface area contributed by atoms with Crippen molar-refractivity contribution in [1.29, 1.82) is 0 Å². The molecule has 0 heterocycles. The van der Waals surface area contributed by atoms with Crippen LogP contribution >= 0.6 is 0 Å². The van der Waals surface area contributed by atoms with Crippen molar-refractivity contribution in [2.75, 3.05) is 6.54 Å². The Morgan fingerprint density at radius 3 is 3.00 bits per heavy atom. The average molecular weight is 292 g/mol. The number of nitrogens with one attached hydrogen (secondary N) is 1. The molecule has 1 aromatic rings. The van der Waals surface area contributed by atoms with Crippen LogP contribution in [0.2, 0.25) is 0 Å². The number of non-ortho nitro benzene ring substituents is 1. The highest BCUT2D eigenvalue weighted by atomic mass is 16.6. The molecule has 2 N–H and O–H groups in total. The molecule has 0 aromatic heterocycles. The van der Waals surface area contributed by atoms with Gasteiger partial charge in [0.2, 0.25) is 0 Å². The first-order valence-corrected chi connectivity index (χ1v) is 7.60. The number of benzene rings is 1. The van der Waals surface area contributed by atoms with Gasteiger partial charge in [0.15, 0.2) is 0 Å². The highest BCUT2D eigenvalue weighted by Gasteiger charge is 2.32. The standard InChI is InChI=1S/C16H24N2O3/c1-12-5-4-8-16(19,10-12)11-17-13(2)14-6-3-7-15(9-14)18(20)21/h3,6-7,9,12-13,17,19H,4-5,8,10-11H2,1-2H3. The smallest absolute Gasteiger partial charge is 0.269 e. The van der Waals surface area contributed by atoms with E-state index in [0.29, 0.717) is 12.5 Å². The molecule has 3 atom stereocenters. The third-order valence-electron chi connectivity index (χ3n) is 4.39. The first-order valence-electron chi connectivity index (χ1n) is 7.60. The molecule has 1 saturated carbocycles. The fourth-order valence-corrected chi connectivity index (χ4v) is 3.16. The molecule has 3 unspecified atom stereocenters. The number of nitrogens with zero attached hydrogens (tertiary/aromatic N) is 1. The molecule has 1 aliphatic rings. The summed E-state index contributed by atoms with van der Waals surface area (Å²) < 4.78 is 0. The van der Waals surface area contributed by atoms with E-state index in [1.54, 1.807) is 12.1 Å². The zero-order valence-corrected chi connectivity index (χ0v) is 12.7. The largest absolute Gasteiger partial charge is 0.389 e. The summed E-state index contributed by atoms with van der Waals surface area (Å²) >= 11 is 0. The zero-order valence-electron chi connectivity index (χ0n) is 12.7. The van der Waals surface area contributed by atoms with Crippen molar-refractivity contribution < 1.29 is 10.0 Å². The predicted molar refractivity (Wildman–Crippen MR) is 82.1 cm³/mol. The number of nitro benzene ring substituents is 1. The van der Waals surface area contributed by atoms with Crippen molar-refractivity contribution in [2.24, 2.45) is 5.92 Å². The van der Waals surface area contributed by atoms with Gasteiger partial charge in [-0.15, -0.1) is 0 Å². The van der Waals surface area contributed by atoms with Crippen LogP contribution < -0.4 is 5.32 Å². The number of rotatable bonds is 5. The van der Waals surface area contributed by atoms with E-state index in [1.165, 1.54) is 12.5 Å². The van der Waals surface area contributed by atoms with Gasteiger partial charge in [0.05, 0.1) is 10.5 Å². The second kappa shape index (κ2) is 6.54. The van der Waals surface area contributed by atoms with E-state index in [0.717, 1.165) is 24.8 Å². The first-order chi connectivity index (χ1) is 9.89. The van der Waals surface area contributed by atoms with Crippen molar-refractivity contribution >= 4 is 5.69 Å². The topological polar surface area (TPSA) is 75.4 Å². The summed E-state index contributed by atoms with van der Waals surface area (Å²) in [6.07, 6.45) is 3.89. The van der Waals surface area contributed by atoms with Gasteiger partial charge in [-0.25, -0.2) is 0 Å². The fourth-order valence-electron chi connectivity index (χ4n) is 3.16. The summed E-state index contributed by atoms with van der Waals surface area (Å²) in [5, 5.41) is 24.7. The normalized spacial score (nSPS) is 27.3. The Morgan fingerprint density at radius 1 is 1.57 bits per heavy atom. The summed E-state index contributed by atoms with van der Waals surface area (Å²) in [4.78, 5) is 10.4. The van der Waals surface area contributed by atoms with Gasteiger partial charge in [-0.2, -0.15) is 0 Å². The first kappa shape index (κ1) is 15.9. The van der Waals surface area contributed by atoms with Gasteiger partial charge in [-0.1, -0.05) is 31.9 Å². The van der Waals surface area contributed by atoms with Gasteiger partial charge >= 0.3 is 0 Å². The molecule has 116 valence electrons. The molecular weight excluding hydrogens is 268 g/mol. The summed E-state index contributed by atoms with van der Waals surface area (Å²) in [7, 11) is 0. The Kier molecular flexibility index (Phi) is 4.96. The Balaban J connectivity index is 1.96. The van der Waals surface area contributed by atoms with E-state index >= 15 is 0 Å². The van der Waals surface area contributed by atoms with Crippen LogP contribution in [0.1, 0.15) is 51.1 Å². The molecular formula is C16H24N2O3. The summed E-state index contributed by atoms with van der Waals surface area (Å²) in [5.74, 6) is 0.554. The van der Waals surface area contributed by atoms with E-state index in [4.69, 9.17) is 0 Å². The molecule has 1 aromatic carbocycles. The van der Waals surface area contributed by atoms with E-state index < -0.39 is 5.60 Å². The molecule has 21 heavy (non-hydrogen) atoms. The molecule has 0 bridgehead atoms. The van der Waals surface area contributed by atoms with Gasteiger partial charge in [0.1, 0.15) is 0 Å². The lowest BCUT2D eigenvalue weighted by atomic mass is 9.79. The summed E-state index contributed by atoms with van der Waals surface area (Å²) in [5.41, 5.74) is 0.329. The monoisotopic (exact) mass is 292 g/mol. The van der Waals surface area contributed by atoms with Crippen LogP contribution in [0.3, 0.4) is 0 Å².